The molecule has 3 rings (SSSR count). The van der Waals surface area contributed by atoms with Gasteiger partial charge in [0.05, 0.1) is 7.11 Å². The highest BCUT2D eigenvalue weighted by Gasteiger charge is 2.21. The van der Waals surface area contributed by atoms with E-state index in [1.807, 2.05) is 41.3 Å². The summed E-state index contributed by atoms with van der Waals surface area (Å²) in [6.45, 7) is 3.06. The highest BCUT2D eigenvalue weighted by molar-refractivity contribution is 9.10. The molecule has 1 saturated heterocycles. The Balaban J connectivity index is 1.54. The lowest BCUT2D eigenvalue weighted by Crippen LogP contribution is -2.50. The monoisotopic (exact) mass is 389 g/mol. The molecule has 2 amide bonds. The van der Waals surface area contributed by atoms with Gasteiger partial charge in [0.1, 0.15) is 5.75 Å². The smallest absolute Gasteiger partial charge is 0.321 e. The Morgan fingerprint density at radius 1 is 1.08 bits per heavy atom. The van der Waals surface area contributed by atoms with E-state index >= 15 is 0 Å². The second-order valence-corrected chi connectivity index (χ2v) is 6.53. The van der Waals surface area contributed by atoms with Gasteiger partial charge >= 0.3 is 6.03 Å². The SMILES string of the molecule is COc1ccc(NC(=O)N2CCN(c3cccc(Br)c3)CC2)cc1. The van der Waals surface area contributed by atoms with Crippen molar-refractivity contribution in [3.63, 3.8) is 0 Å². The molecule has 24 heavy (non-hydrogen) atoms. The number of ether oxygens (including phenoxy) is 1. The van der Waals surface area contributed by atoms with Crippen LogP contribution >= 0.6 is 15.9 Å². The van der Waals surface area contributed by atoms with Gasteiger partial charge in [-0.15, -0.1) is 0 Å². The molecular formula is C18H20BrN3O2. The molecule has 2 aromatic rings. The molecule has 0 saturated carbocycles. The van der Waals surface area contributed by atoms with E-state index in [0.29, 0.717) is 13.1 Å². The first-order chi connectivity index (χ1) is 11.7. The molecule has 0 radical (unpaired) electrons. The van der Waals surface area contributed by atoms with Crippen LogP contribution in [0.5, 0.6) is 5.75 Å². The van der Waals surface area contributed by atoms with Gasteiger partial charge in [-0.2, -0.15) is 0 Å². The normalized spacial score (nSPS) is 14.4. The number of hydrogen-bond acceptors (Lipinski definition) is 3. The lowest BCUT2D eigenvalue weighted by molar-refractivity contribution is 0.208. The lowest BCUT2D eigenvalue weighted by Gasteiger charge is -2.36. The van der Waals surface area contributed by atoms with E-state index in [4.69, 9.17) is 4.74 Å². The second kappa shape index (κ2) is 7.57. The van der Waals surface area contributed by atoms with Crippen LogP contribution < -0.4 is 15.0 Å². The van der Waals surface area contributed by atoms with Gasteiger partial charge in [0.25, 0.3) is 0 Å². The van der Waals surface area contributed by atoms with Crippen molar-refractivity contribution in [2.24, 2.45) is 0 Å². The third-order valence-corrected chi connectivity index (χ3v) is 4.57. The molecule has 126 valence electrons. The fourth-order valence-electron chi connectivity index (χ4n) is 2.72. The van der Waals surface area contributed by atoms with Gasteiger partial charge in [0, 0.05) is 42.0 Å². The second-order valence-electron chi connectivity index (χ2n) is 5.61. The fraction of sp³-hybridized carbons (Fsp3) is 0.278. The third-order valence-electron chi connectivity index (χ3n) is 4.08. The number of rotatable bonds is 3. The first-order valence-corrected chi connectivity index (χ1v) is 8.65. The summed E-state index contributed by atoms with van der Waals surface area (Å²) in [5.74, 6) is 0.774. The Morgan fingerprint density at radius 3 is 2.42 bits per heavy atom. The first-order valence-electron chi connectivity index (χ1n) is 7.86. The summed E-state index contributed by atoms with van der Waals surface area (Å²) in [4.78, 5) is 16.5. The van der Waals surface area contributed by atoms with Crippen LogP contribution in [-0.2, 0) is 0 Å². The number of benzene rings is 2. The summed E-state index contributed by atoms with van der Waals surface area (Å²) in [6, 6.07) is 15.5. The van der Waals surface area contributed by atoms with Crippen LogP contribution in [-0.4, -0.2) is 44.2 Å². The largest absolute Gasteiger partial charge is 0.497 e. The van der Waals surface area contributed by atoms with Crippen LogP contribution in [0, 0.1) is 0 Å². The van der Waals surface area contributed by atoms with Gasteiger partial charge in [-0.05, 0) is 42.5 Å². The molecule has 2 aromatic carbocycles. The fourth-order valence-corrected chi connectivity index (χ4v) is 3.10. The van der Waals surface area contributed by atoms with Gasteiger partial charge in [-0.3, -0.25) is 0 Å². The van der Waals surface area contributed by atoms with Crippen molar-refractivity contribution in [2.45, 2.75) is 0 Å². The molecule has 0 aromatic heterocycles. The Bertz CT molecular complexity index is 698. The Kier molecular flexibility index (Phi) is 5.25. The average molecular weight is 390 g/mol. The van der Waals surface area contributed by atoms with Gasteiger partial charge in [-0.1, -0.05) is 22.0 Å². The summed E-state index contributed by atoms with van der Waals surface area (Å²) < 4.78 is 6.19. The standard InChI is InChI=1S/C18H20BrN3O2/c1-24-17-7-5-15(6-8-17)20-18(23)22-11-9-21(10-12-22)16-4-2-3-14(19)13-16/h2-8,13H,9-12H2,1H3,(H,20,23). The summed E-state index contributed by atoms with van der Waals surface area (Å²) in [6.07, 6.45) is 0. The zero-order valence-electron chi connectivity index (χ0n) is 13.5. The van der Waals surface area contributed by atoms with E-state index in [2.05, 4.69) is 38.3 Å². The number of hydrogen-bond donors (Lipinski definition) is 1. The van der Waals surface area contributed by atoms with Crippen molar-refractivity contribution in [2.75, 3.05) is 43.5 Å². The van der Waals surface area contributed by atoms with Crippen molar-refractivity contribution >= 4 is 33.3 Å². The van der Waals surface area contributed by atoms with E-state index in [-0.39, 0.29) is 6.03 Å². The minimum atomic E-state index is -0.0611. The van der Waals surface area contributed by atoms with Gasteiger partial charge in [0.15, 0.2) is 0 Å². The number of amides is 2. The molecule has 1 aliphatic heterocycles. The zero-order chi connectivity index (χ0) is 16.9. The molecule has 0 atom stereocenters. The molecule has 0 bridgehead atoms. The van der Waals surface area contributed by atoms with Crippen LogP contribution in [0.3, 0.4) is 0 Å². The van der Waals surface area contributed by atoms with Crippen molar-refractivity contribution < 1.29 is 9.53 Å². The van der Waals surface area contributed by atoms with Gasteiger partial charge in [-0.25, -0.2) is 4.79 Å². The van der Waals surface area contributed by atoms with Crippen molar-refractivity contribution in [1.29, 1.82) is 0 Å². The van der Waals surface area contributed by atoms with Crippen molar-refractivity contribution in [3.8, 4) is 5.75 Å². The topological polar surface area (TPSA) is 44.8 Å². The maximum atomic E-state index is 12.4. The maximum Gasteiger partial charge on any atom is 0.321 e. The molecular weight excluding hydrogens is 370 g/mol. The number of nitrogens with zero attached hydrogens (tertiary/aromatic N) is 2. The van der Waals surface area contributed by atoms with Crippen LogP contribution in [0.25, 0.3) is 0 Å². The molecule has 1 aliphatic rings. The van der Waals surface area contributed by atoms with E-state index in [1.54, 1.807) is 7.11 Å². The zero-order valence-corrected chi connectivity index (χ0v) is 15.1. The minimum Gasteiger partial charge on any atom is -0.497 e. The average Bonchev–Trinajstić information content (AvgIpc) is 2.62. The lowest BCUT2D eigenvalue weighted by atomic mass is 10.2. The van der Waals surface area contributed by atoms with E-state index in [0.717, 1.165) is 29.0 Å². The van der Waals surface area contributed by atoms with E-state index in [9.17, 15) is 4.79 Å². The molecule has 1 N–H and O–H groups in total. The number of halogens is 1. The van der Waals surface area contributed by atoms with Crippen LogP contribution in [0.4, 0.5) is 16.2 Å². The Labute approximate surface area is 150 Å². The number of piperazine rings is 1. The predicted molar refractivity (Wildman–Crippen MR) is 99.9 cm³/mol. The number of methoxy groups -OCH3 is 1. The first kappa shape index (κ1) is 16.6. The maximum absolute atomic E-state index is 12.4. The highest BCUT2D eigenvalue weighted by atomic mass is 79.9. The minimum absolute atomic E-state index is 0.0611. The van der Waals surface area contributed by atoms with Crippen molar-refractivity contribution in [1.82, 2.24) is 4.90 Å². The summed E-state index contributed by atoms with van der Waals surface area (Å²) in [5, 5.41) is 2.93. The Hall–Kier alpha value is -2.21. The van der Waals surface area contributed by atoms with Crippen LogP contribution in [0.2, 0.25) is 0 Å². The summed E-state index contributed by atoms with van der Waals surface area (Å²) in [5.41, 5.74) is 1.95. The quantitative estimate of drug-likeness (QED) is 0.867. The van der Waals surface area contributed by atoms with Crippen LogP contribution in [0.15, 0.2) is 53.0 Å². The van der Waals surface area contributed by atoms with Gasteiger partial charge < -0.3 is 19.9 Å². The third kappa shape index (κ3) is 4.00. The predicted octanol–water partition coefficient (Wildman–Crippen LogP) is 3.81. The van der Waals surface area contributed by atoms with E-state index < -0.39 is 0 Å². The molecule has 0 aliphatic carbocycles. The molecule has 5 nitrogen and oxygen atoms in total. The molecule has 1 fully saturated rings. The molecule has 0 unspecified atom stereocenters. The summed E-state index contributed by atoms with van der Waals surface area (Å²) >= 11 is 3.50. The van der Waals surface area contributed by atoms with E-state index in [1.165, 1.54) is 5.69 Å². The van der Waals surface area contributed by atoms with Gasteiger partial charge in [0.2, 0.25) is 0 Å². The number of carbonyl (C=O) groups excluding carboxylic acids is 1. The molecule has 6 heteroatoms. The number of urea groups is 1. The number of carbonyl (C=O) groups is 1. The Morgan fingerprint density at radius 2 is 1.79 bits per heavy atom. The van der Waals surface area contributed by atoms with Crippen molar-refractivity contribution in [3.05, 3.63) is 53.0 Å². The van der Waals surface area contributed by atoms with Crippen LogP contribution in [0.1, 0.15) is 0 Å². The number of anilines is 2. The molecule has 0 spiro atoms. The summed E-state index contributed by atoms with van der Waals surface area (Å²) in [7, 11) is 1.62. The highest BCUT2D eigenvalue weighted by Crippen LogP contribution is 2.21. The number of nitrogens with one attached hydrogen (secondary N) is 1. The molecule has 1 heterocycles.